The molecule has 1 aromatic rings. The third-order valence-corrected chi connectivity index (χ3v) is 4.99. The summed E-state index contributed by atoms with van der Waals surface area (Å²) in [7, 11) is 0. The molecule has 1 N–H and O–H groups in total. The molecule has 2 saturated heterocycles. The topological polar surface area (TPSA) is 31.4 Å². The van der Waals surface area contributed by atoms with Gasteiger partial charge < -0.3 is 10.2 Å². The van der Waals surface area contributed by atoms with Crippen LogP contribution in [-0.2, 0) is 6.54 Å². The molecule has 0 bridgehead atoms. The molecule has 0 aromatic carbocycles. The number of hydrogen-bond donors (Lipinski definition) is 1. The molecule has 2 aliphatic heterocycles. The molecular formula is C16H25ClN4. The summed E-state index contributed by atoms with van der Waals surface area (Å²) >= 11 is 6.25. The van der Waals surface area contributed by atoms with Crippen LogP contribution in [0, 0.1) is 0 Å². The summed E-state index contributed by atoms with van der Waals surface area (Å²) in [4.78, 5) is 9.63. The van der Waals surface area contributed by atoms with Gasteiger partial charge in [-0.3, -0.25) is 4.90 Å². The SMILES string of the molecule is CCNCc1cc(N2CCN3CCCCC3C2)ncc1Cl. The molecule has 1 atom stereocenters. The first-order valence-corrected chi connectivity index (χ1v) is 8.50. The largest absolute Gasteiger partial charge is 0.354 e. The van der Waals surface area contributed by atoms with Crippen molar-refractivity contribution in [1.82, 2.24) is 15.2 Å². The van der Waals surface area contributed by atoms with Crippen LogP contribution in [0.25, 0.3) is 0 Å². The fourth-order valence-corrected chi connectivity index (χ4v) is 3.57. The maximum atomic E-state index is 6.25. The number of piperidine rings is 1. The second kappa shape index (κ2) is 6.95. The molecule has 3 heterocycles. The van der Waals surface area contributed by atoms with E-state index in [-0.39, 0.29) is 0 Å². The van der Waals surface area contributed by atoms with Crippen LogP contribution in [0.5, 0.6) is 0 Å². The molecule has 3 rings (SSSR count). The first kappa shape index (κ1) is 15.1. The summed E-state index contributed by atoms with van der Waals surface area (Å²) in [6, 6.07) is 2.87. The van der Waals surface area contributed by atoms with Gasteiger partial charge >= 0.3 is 0 Å². The van der Waals surface area contributed by atoms with Gasteiger partial charge in [0.25, 0.3) is 0 Å². The molecule has 21 heavy (non-hydrogen) atoms. The van der Waals surface area contributed by atoms with Gasteiger partial charge in [-0.25, -0.2) is 4.98 Å². The minimum absolute atomic E-state index is 0.710. The second-order valence-corrected chi connectivity index (χ2v) is 6.45. The number of pyridine rings is 1. The maximum Gasteiger partial charge on any atom is 0.129 e. The summed E-state index contributed by atoms with van der Waals surface area (Å²) < 4.78 is 0. The highest BCUT2D eigenvalue weighted by Crippen LogP contribution is 2.26. The number of hydrogen-bond acceptors (Lipinski definition) is 4. The van der Waals surface area contributed by atoms with Crippen molar-refractivity contribution in [3.8, 4) is 0 Å². The number of nitrogens with one attached hydrogen (secondary N) is 1. The lowest BCUT2D eigenvalue weighted by Gasteiger charge is -2.44. The van der Waals surface area contributed by atoms with Gasteiger partial charge in [-0.15, -0.1) is 0 Å². The van der Waals surface area contributed by atoms with Gasteiger partial charge in [0.05, 0.1) is 5.02 Å². The van der Waals surface area contributed by atoms with E-state index in [0.717, 1.165) is 49.1 Å². The number of fused-ring (bicyclic) bond motifs is 1. The van der Waals surface area contributed by atoms with Gasteiger partial charge in [-0.1, -0.05) is 24.9 Å². The molecule has 116 valence electrons. The van der Waals surface area contributed by atoms with E-state index in [4.69, 9.17) is 11.6 Å². The highest BCUT2D eigenvalue weighted by molar-refractivity contribution is 6.31. The highest BCUT2D eigenvalue weighted by Gasteiger charge is 2.29. The van der Waals surface area contributed by atoms with Crippen LogP contribution in [0.3, 0.4) is 0 Å². The predicted octanol–water partition coefficient (Wildman–Crippen LogP) is 2.52. The van der Waals surface area contributed by atoms with Crippen LogP contribution in [-0.4, -0.2) is 48.6 Å². The molecule has 0 radical (unpaired) electrons. The minimum atomic E-state index is 0.710. The lowest BCUT2D eigenvalue weighted by molar-refractivity contribution is 0.133. The zero-order valence-electron chi connectivity index (χ0n) is 12.8. The van der Waals surface area contributed by atoms with Crippen LogP contribution in [0.2, 0.25) is 5.02 Å². The summed E-state index contributed by atoms with van der Waals surface area (Å²) in [5.41, 5.74) is 1.15. The van der Waals surface area contributed by atoms with Crippen LogP contribution < -0.4 is 10.2 Å². The lowest BCUT2D eigenvalue weighted by Crippen LogP contribution is -2.55. The highest BCUT2D eigenvalue weighted by atomic mass is 35.5. The second-order valence-electron chi connectivity index (χ2n) is 6.05. The fraction of sp³-hybridized carbons (Fsp3) is 0.688. The molecule has 4 nitrogen and oxygen atoms in total. The number of aromatic nitrogens is 1. The number of nitrogens with zero attached hydrogens (tertiary/aromatic N) is 3. The Balaban J connectivity index is 1.71. The van der Waals surface area contributed by atoms with Crippen molar-refractivity contribution in [2.45, 2.75) is 38.8 Å². The Morgan fingerprint density at radius 3 is 3.10 bits per heavy atom. The zero-order valence-corrected chi connectivity index (χ0v) is 13.6. The van der Waals surface area contributed by atoms with Crippen molar-refractivity contribution in [2.24, 2.45) is 0 Å². The minimum Gasteiger partial charge on any atom is -0.354 e. The summed E-state index contributed by atoms with van der Waals surface area (Å²) in [6.45, 7) is 8.50. The number of rotatable bonds is 4. The smallest absolute Gasteiger partial charge is 0.129 e. The third-order valence-electron chi connectivity index (χ3n) is 4.65. The van der Waals surface area contributed by atoms with Gasteiger partial charge in [0, 0.05) is 38.4 Å². The molecule has 2 fully saturated rings. The van der Waals surface area contributed by atoms with E-state index in [1.807, 2.05) is 0 Å². The normalized spacial score (nSPS) is 23.1. The predicted molar refractivity (Wildman–Crippen MR) is 88.1 cm³/mol. The van der Waals surface area contributed by atoms with Gasteiger partial charge in [-0.2, -0.15) is 0 Å². The fourth-order valence-electron chi connectivity index (χ4n) is 3.40. The van der Waals surface area contributed by atoms with Crippen LogP contribution >= 0.6 is 11.6 Å². The molecule has 0 spiro atoms. The standard InChI is InChI=1S/C16H25ClN4/c1-2-18-10-13-9-16(19-11-15(13)17)21-8-7-20-6-4-3-5-14(20)12-21/h9,11,14,18H,2-8,10,12H2,1H3. The summed E-state index contributed by atoms with van der Waals surface area (Å²) in [5.74, 6) is 1.08. The Labute approximate surface area is 132 Å². The van der Waals surface area contributed by atoms with Crippen molar-refractivity contribution in [3.05, 3.63) is 22.8 Å². The van der Waals surface area contributed by atoms with E-state index in [9.17, 15) is 0 Å². The van der Waals surface area contributed by atoms with Crippen molar-refractivity contribution in [2.75, 3.05) is 37.6 Å². The average Bonchev–Trinajstić information content (AvgIpc) is 2.53. The Bertz CT molecular complexity index is 479. The van der Waals surface area contributed by atoms with Crippen molar-refractivity contribution < 1.29 is 0 Å². The maximum absolute atomic E-state index is 6.25. The summed E-state index contributed by atoms with van der Waals surface area (Å²) in [5, 5.41) is 4.10. The van der Waals surface area contributed by atoms with E-state index < -0.39 is 0 Å². The van der Waals surface area contributed by atoms with Crippen molar-refractivity contribution in [1.29, 1.82) is 0 Å². The lowest BCUT2D eigenvalue weighted by atomic mass is 9.99. The quantitative estimate of drug-likeness (QED) is 0.926. The average molecular weight is 309 g/mol. The van der Waals surface area contributed by atoms with Gasteiger partial charge in [0.1, 0.15) is 5.82 Å². The molecular weight excluding hydrogens is 284 g/mol. The molecule has 1 unspecified atom stereocenters. The number of anilines is 1. The van der Waals surface area contributed by atoms with E-state index in [0.29, 0.717) is 6.04 Å². The van der Waals surface area contributed by atoms with Crippen LogP contribution in [0.15, 0.2) is 12.3 Å². The Hall–Kier alpha value is -0.840. The van der Waals surface area contributed by atoms with E-state index in [1.54, 1.807) is 6.20 Å². The van der Waals surface area contributed by atoms with E-state index in [2.05, 4.69) is 33.1 Å². The molecule has 0 amide bonds. The summed E-state index contributed by atoms with van der Waals surface area (Å²) in [6.07, 6.45) is 5.86. The Morgan fingerprint density at radius 1 is 1.33 bits per heavy atom. The van der Waals surface area contributed by atoms with Gasteiger partial charge in [0.15, 0.2) is 0 Å². The van der Waals surface area contributed by atoms with Gasteiger partial charge in [0.2, 0.25) is 0 Å². The monoisotopic (exact) mass is 308 g/mol. The van der Waals surface area contributed by atoms with E-state index in [1.165, 1.54) is 25.8 Å². The molecule has 0 aliphatic carbocycles. The Kier molecular flexibility index (Phi) is 4.99. The van der Waals surface area contributed by atoms with Gasteiger partial charge in [-0.05, 0) is 37.6 Å². The first-order chi connectivity index (χ1) is 10.3. The van der Waals surface area contributed by atoms with E-state index >= 15 is 0 Å². The first-order valence-electron chi connectivity index (χ1n) is 8.12. The van der Waals surface area contributed by atoms with Crippen LogP contribution in [0.4, 0.5) is 5.82 Å². The van der Waals surface area contributed by atoms with Crippen LogP contribution in [0.1, 0.15) is 31.7 Å². The van der Waals surface area contributed by atoms with Crippen molar-refractivity contribution >= 4 is 17.4 Å². The molecule has 1 aromatic heterocycles. The third kappa shape index (κ3) is 3.50. The molecule has 0 saturated carbocycles. The van der Waals surface area contributed by atoms with Crippen molar-refractivity contribution in [3.63, 3.8) is 0 Å². The number of piperazine rings is 1. The Morgan fingerprint density at radius 2 is 2.24 bits per heavy atom. The zero-order chi connectivity index (χ0) is 14.7. The molecule has 5 heteroatoms. The molecule has 2 aliphatic rings. The number of halogens is 1.